The number of fused-ring (bicyclic) bond motifs is 7. The molecule has 1 aliphatic heterocycles. The maximum absolute atomic E-state index is 15.2. The summed E-state index contributed by atoms with van der Waals surface area (Å²) in [5, 5.41) is 0. The van der Waals surface area contributed by atoms with Crippen LogP contribution in [0.4, 0.5) is 4.79 Å². The average molecular weight is 923 g/mol. The van der Waals surface area contributed by atoms with Gasteiger partial charge in [0.15, 0.2) is 11.9 Å². The highest BCUT2D eigenvalue weighted by Crippen LogP contribution is 2.75. The van der Waals surface area contributed by atoms with Gasteiger partial charge in [0.25, 0.3) is 0 Å². The number of esters is 3. The Kier molecular flexibility index (Phi) is 15.2. The first-order chi connectivity index (χ1) is 31.3. The van der Waals surface area contributed by atoms with Gasteiger partial charge >= 0.3 is 24.1 Å². The average Bonchev–Trinajstić information content (AvgIpc) is 3.62. The molecular formula is C52H74O14. The molecule has 1 heterocycles. The third-order valence-electron chi connectivity index (χ3n) is 17.7. The summed E-state index contributed by atoms with van der Waals surface area (Å²) in [4.78, 5) is 69.4. The van der Waals surface area contributed by atoms with E-state index in [1.54, 1.807) is 14.0 Å². The molecule has 7 rings (SSSR count). The predicted molar refractivity (Wildman–Crippen MR) is 241 cm³/mol. The van der Waals surface area contributed by atoms with Crippen molar-refractivity contribution in [2.75, 3.05) is 60.0 Å². The minimum atomic E-state index is -1.33. The van der Waals surface area contributed by atoms with Crippen molar-refractivity contribution in [3.63, 3.8) is 0 Å². The van der Waals surface area contributed by atoms with E-state index in [0.29, 0.717) is 65.1 Å². The van der Waals surface area contributed by atoms with E-state index in [1.165, 1.54) is 0 Å². The van der Waals surface area contributed by atoms with E-state index >= 15 is 4.79 Å². The summed E-state index contributed by atoms with van der Waals surface area (Å²) in [5.41, 5.74) is -1.45. The number of rotatable bonds is 19. The molecule has 0 bridgehead atoms. The van der Waals surface area contributed by atoms with Crippen molar-refractivity contribution < 1.29 is 66.6 Å². The molecular weight excluding hydrogens is 849 g/mol. The van der Waals surface area contributed by atoms with Crippen LogP contribution >= 0.6 is 0 Å². The van der Waals surface area contributed by atoms with Crippen LogP contribution in [0.25, 0.3) is 0 Å². The maximum Gasteiger partial charge on any atom is 0.509 e. The lowest BCUT2D eigenvalue weighted by Gasteiger charge is -2.70. The van der Waals surface area contributed by atoms with Gasteiger partial charge in [0.2, 0.25) is 0 Å². The Labute approximate surface area is 390 Å². The van der Waals surface area contributed by atoms with Gasteiger partial charge in [-0.15, -0.1) is 0 Å². The van der Waals surface area contributed by atoms with Gasteiger partial charge in [0, 0.05) is 13.0 Å². The molecule has 66 heavy (non-hydrogen) atoms. The molecule has 0 spiro atoms. The van der Waals surface area contributed by atoms with Gasteiger partial charge in [-0.25, -0.2) is 4.79 Å². The summed E-state index contributed by atoms with van der Waals surface area (Å²) >= 11 is 0. The smallest absolute Gasteiger partial charge is 0.461 e. The van der Waals surface area contributed by atoms with Crippen molar-refractivity contribution in [2.24, 2.45) is 50.2 Å². The summed E-state index contributed by atoms with van der Waals surface area (Å²) < 4.78 is 50.3. The first-order valence-electron chi connectivity index (χ1n) is 24.3. The van der Waals surface area contributed by atoms with Crippen LogP contribution in [0.5, 0.6) is 0 Å². The number of ketones is 1. The molecule has 14 nitrogen and oxygen atoms in total. The van der Waals surface area contributed by atoms with Crippen LogP contribution in [0.2, 0.25) is 0 Å². The van der Waals surface area contributed by atoms with Crippen molar-refractivity contribution in [3.05, 3.63) is 47.5 Å². The normalized spacial score (nSPS) is 38.0. The van der Waals surface area contributed by atoms with Crippen LogP contribution in [0, 0.1) is 50.2 Å². The maximum atomic E-state index is 15.2. The van der Waals surface area contributed by atoms with Crippen molar-refractivity contribution in [3.8, 4) is 0 Å². The topological polar surface area (TPSA) is 168 Å². The number of ether oxygens (including phenoxy) is 9. The zero-order valence-corrected chi connectivity index (χ0v) is 40.6. The van der Waals surface area contributed by atoms with Gasteiger partial charge in [0.1, 0.15) is 30.8 Å². The number of carbonyl (C=O) groups is 5. The number of hydrogen-bond acceptors (Lipinski definition) is 14. The Hall–Kier alpha value is -3.85. The van der Waals surface area contributed by atoms with Crippen LogP contribution in [0.15, 0.2) is 42.0 Å². The summed E-state index contributed by atoms with van der Waals surface area (Å²) in [6, 6.07) is 9.75. The molecule has 12 atom stereocenters. The van der Waals surface area contributed by atoms with Gasteiger partial charge in [-0.1, -0.05) is 63.6 Å². The molecule has 4 saturated carbocycles. The molecule has 5 aliphatic carbocycles. The molecule has 1 aromatic carbocycles. The number of hydrogen-bond donors (Lipinski definition) is 0. The predicted octanol–water partition coefficient (Wildman–Crippen LogP) is 8.16. The van der Waals surface area contributed by atoms with Crippen LogP contribution in [-0.4, -0.2) is 108 Å². The summed E-state index contributed by atoms with van der Waals surface area (Å²) in [7, 11) is 1.62. The first-order valence-corrected chi connectivity index (χ1v) is 24.3. The minimum absolute atomic E-state index is 0.0223. The van der Waals surface area contributed by atoms with Crippen molar-refractivity contribution in [1.29, 1.82) is 0 Å². The molecule has 6 aliphatic rings. The van der Waals surface area contributed by atoms with Crippen LogP contribution < -0.4 is 0 Å². The second-order valence-corrected chi connectivity index (χ2v) is 21.5. The zero-order chi connectivity index (χ0) is 47.5. The van der Waals surface area contributed by atoms with E-state index in [-0.39, 0.29) is 67.3 Å². The fraction of sp³-hybridized carbons (Fsp3) is 0.750. The molecule has 5 fully saturated rings. The molecule has 0 N–H and O–H groups in total. The number of cyclic esters (lactones) is 2. The Balaban J connectivity index is 1.09. The monoisotopic (exact) mass is 923 g/mol. The van der Waals surface area contributed by atoms with E-state index in [9.17, 15) is 19.2 Å². The van der Waals surface area contributed by atoms with Gasteiger partial charge < -0.3 is 42.6 Å². The van der Waals surface area contributed by atoms with Gasteiger partial charge in [0.05, 0.1) is 58.1 Å². The Morgan fingerprint density at radius 1 is 0.742 bits per heavy atom. The summed E-state index contributed by atoms with van der Waals surface area (Å²) in [6.45, 7) is 17.3. The Morgan fingerprint density at radius 3 is 2.08 bits per heavy atom. The Morgan fingerprint density at radius 2 is 1.41 bits per heavy atom. The van der Waals surface area contributed by atoms with Crippen LogP contribution in [0.1, 0.15) is 118 Å². The van der Waals surface area contributed by atoms with E-state index in [0.717, 1.165) is 36.8 Å². The molecule has 0 amide bonds. The lowest BCUT2D eigenvalue weighted by Crippen LogP contribution is -2.68. The number of carbonyl (C=O) groups excluding carboxylic acids is 5. The standard InChI is InChI=1S/C52H74O14/c1-34-39(65-46(57)64-34)33-63-45(56)52(7)40-14-18-51(6)43(49(40,4)17-15-41(52)66-42(54)16-23-59-26-27-61-29-28-60-25-24-58-8)38(53)30-36-37-31-48(3,20-19-47(37,2)21-22-50(36,51)5)44(55)62-32-35-12-10-9-11-13-35/h9-13,30,34,37,39-41,43H,14-29,31-33H2,1-8H3/t34?,37-,39?,40+,41-,43+,47+,48-,49-,50+,51+,52-/m0/s1. The largest absolute Gasteiger partial charge is 0.509 e. The number of methoxy groups -OCH3 is 1. The van der Waals surface area contributed by atoms with Crippen LogP contribution in [0.3, 0.4) is 0 Å². The van der Waals surface area contributed by atoms with E-state index in [4.69, 9.17) is 42.6 Å². The number of benzene rings is 1. The molecule has 0 radical (unpaired) electrons. The zero-order valence-electron chi connectivity index (χ0n) is 40.6. The summed E-state index contributed by atoms with van der Waals surface area (Å²) in [6.07, 6.45) is 5.17. The third kappa shape index (κ3) is 9.46. The number of allylic oxidation sites excluding steroid dienone is 2. The van der Waals surface area contributed by atoms with Crippen molar-refractivity contribution in [2.45, 2.75) is 138 Å². The SMILES string of the molecule is COCCOCCOCCOCCC(=O)O[C@H]1CC[C@@]2(C)[C@@H](CC[C@]3(C)[C@@H]2C(=O)C=C2[C@@H]4C[C@@](C)(C(=O)OCc5ccccc5)CC[C@]4(C)CC[C@]23C)[C@]1(C)C(=O)OCC1OC(=O)OC1C. The second kappa shape index (κ2) is 20.0. The highest BCUT2D eigenvalue weighted by Gasteiger charge is 2.72. The Bertz CT molecular complexity index is 1970. The molecule has 366 valence electrons. The lowest BCUT2D eigenvalue weighted by atomic mass is 9.33. The van der Waals surface area contributed by atoms with Crippen molar-refractivity contribution >= 4 is 29.8 Å². The fourth-order valence-electron chi connectivity index (χ4n) is 13.4. The van der Waals surface area contributed by atoms with E-state index in [1.807, 2.05) is 50.3 Å². The minimum Gasteiger partial charge on any atom is -0.461 e. The van der Waals surface area contributed by atoms with Gasteiger partial charge in [-0.2, -0.15) is 0 Å². The molecule has 1 aromatic rings. The molecule has 2 unspecified atom stereocenters. The quantitative estimate of drug-likeness (QED) is 0.0740. The van der Waals surface area contributed by atoms with Crippen LogP contribution in [-0.2, 0) is 68.4 Å². The van der Waals surface area contributed by atoms with E-state index in [2.05, 4.69) is 27.7 Å². The first kappa shape index (κ1) is 50.0. The van der Waals surface area contributed by atoms with E-state index < -0.39 is 64.0 Å². The van der Waals surface area contributed by atoms with Gasteiger partial charge in [-0.05, 0) is 124 Å². The van der Waals surface area contributed by atoms with Crippen molar-refractivity contribution in [1.82, 2.24) is 0 Å². The lowest BCUT2D eigenvalue weighted by molar-refractivity contribution is -0.224. The fourth-order valence-corrected chi connectivity index (χ4v) is 13.4. The molecule has 14 heteroatoms. The third-order valence-corrected chi connectivity index (χ3v) is 17.7. The highest BCUT2D eigenvalue weighted by molar-refractivity contribution is 5.96. The summed E-state index contributed by atoms with van der Waals surface area (Å²) in [5.74, 6) is -1.96. The molecule has 1 saturated heterocycles. The second-order valence-electron chi connectivity index (χ2n) is 21.5. The molecule has 0 aromatic heterocycles. The highest BCUT2D eigenvalue weighted by atomic mass is 16.8. The van der Waals surface area contributed by atoms with Gasteiger partial charge in [-0.3, -0.25) is 19.2 Å².